The number of nitrogen functional groups attached to an aromatic ring is 1. The lowest BCUT2D eigenvalue weighted by atomic mass is 10.1. The first-order valence-corrected chi connectivity index (χ1v) is 3.28. The number of halogens is 2. The number of anilines is 1. The molecule has 0 aliphatic rings. The summed E-state index contributed by atoms with van der Waals surface area (Å²) in [6.45, 7) is 1.20. The first-order chi connectivity index (χ1) is 5.52. The average molecular weight is 171 g/mol. The number of nitrogens with two attached hydrogens (primary N) is 1. The molecule has 2 nitrogen and oxygen atoms in total. The van der Waals surface area contributed by atoms with Crippen molar-refractivity contribution >= 4 is 11.5 Å². The van der Waals surface area contributed by atoms with Crippen molar-refractivity contribution in [3.63, 3.8) is 0 Å². The second kappa shape index (κ2) is 2.89. The number of ketones is 1. The van der Waals surface area contributed by atoms with E-state index in [1.165, 1.54) is 6.92 Å². The van der Waals surface area contributed by atoms with Gasteiger partial charge in [-0.3, -0.25) is 4.79 Å². The largest absolute Gasteiger partial charge is 0.396 e. The van der Waals surface area contributed by atoms with E-state index in [1.54, 1.807) is 0 Å². The van der Waals surface area contributed by atoms with Crippen molar-refractivity contribution in [1.82, 2.24) is 0 Å². The molecular weight excluding hydrogens is 164 g/mol. The van der Waals surface area contributed by atoms with Crippen LogP contribution >= 0.6 is 0 Å². The van der Waals surface area contributed by atoms with Crippen molar-refractivity contribution < 1.29 is 13.6 Å². The van der Waals surface area contributed by atoms with E-state index in [0.717, 1.165) is 6.07 Å². The summed E-state index contributed by atoms with van der Waals surface area (Å²) >= 11 is 0. The Hall–Kier alpha value is -1.45. The zero-order chi connectivity index (χ0) is 9.30. The Bertz CT molecular complexity index is 336. The van der Waals surface area contributed by atoms with Crippen LogP contribution < -0.4 is 5.73 Å². The first-order valence-electron chi connectivity index (χ1n) is 3.28. The predicted molar refractivity (Wildman–Crippen MR) is 40.8 cm³/mol. The number of Topliss-reactive ketones (excluding diaryl/α,β-unsaturated/α-hetero) is 1. The first kappa shape index (κ1) is 8.64. The third-order valence-electron chi connectivity index (χ3n) is 1.47. The minimum Gasteiger partial charge on any atom is -0.396 e. The van der Waals surface area contributed by atoms with Crippen LogP contribution in [0.1, 0.15) is 17.3 Å². The van der Waals surface area contributed by atoms with Crippen LogP contribution in [0.3, 0.4) is 0 Å². The second-order valence-corrected chi connectivity index (χ2v) is 2.41. The van der Waals surface area contributed by atoms with Crippen molar-refractivity contribution in [1.29, 1.82) is 0 Å². The number of benzene rings is 1. The summed E-state index contributed by atoms with van der Waals surface area (Å²) in [7, 11) is 0. The quantitative estimate of drug-likeness (QED) is 0.516. The molecule has 2 N–H and O–H groups in total. The van der Waals surface area contributed by atoms with Gasteiger partial charge in [-0.15, -0.1) is 0 Å². The van der Waals surface area contributed by atoms with Crippen molar-refractivity contribution in [2.24, 2.45) is 0 Å². The predicted octanol–water partition coefficient (Wildman–Crippen LogP) is 1.75. The molecule has 0 heterocycles. The van der Waals surface area contributed by atoms with E-state index in [-0.39, 0.29) is 11.3 Å². The Morgan fingerprint density at radius 2 is 2.00 bits per heavy atom. The molecular formula is C8H7F2NO. The van der Waals surface area contributed by atoms with Crippen LogP contribution in [0.25, 0.3) is 0 Å². The fourth-order valence-electron chi connectivity index (χ4n) is 0.876. The normalized spacial score (nSPS) is 9.92. The van der Waals surface area contributed by atoms with Gasteiger partial charge in [0, 0.05) is 11.6 Å². The summed E-state index contributed by atoms with van der Waals surface area (Å²) in [5.74, 6) is -2.15. The summed E-state index contributed by atoms with van der Waals surface area (Å²) < 4.78 is 25.2. The maximum Gasteiger partial charge on any atom is 0.162 e. The highest BCUT2D eigenvalue weighted by atomic mass is 19.1. The van der Waals surface area contributed by atoms with Gasteiger partial charge in [0.2, 0.25) is 0 Å². The molecule has 1 rings (SSSR count). The summed E-state index contributed by atoms with van der Waals surface area (Å²) in [5, 5.41) is 0. The lowest BCUT2D eigenvalue weighted by Gasteiger charge is -2.02. The Kier molecular flexibility index (Phi) is 2.08. The van der Waals surface area contributed by atoms with Gasteiger partial charge in [-0.05, 0) is 13.0 Å². The van der Waals surface area contributed by atoms with Gasteiger partial charge in [-0.2, -0.15) is 0 Å². The van der Waals surface area contributed by atoms with Crippen LogP contribution in [-0.4, -0.2) is 5.78 Å². The molecule has 0 aliphatic heterocycles. The third-order valence-corrected chi connectivity index (χ3v) is 1.47. The highest BCUT2D eigenvalue weighted by Crippen LogP contribution is 2.18. The van der Waals surface area contributed by atoms with E-state index in [2.05, 4.69) is 0 Å². The highest BCUT2D eigenvalue weighted by molar-refractivity contribution is 5.99. The fraction of sp³-hybridized carbons (Fsp3) is 0.125. The number of hydrogen-bond acceptors (Lipinski definition) is 2. The zero-order valence-corrected chi connectivity index (χ0v) is 6.40. The molecule has 0 radical (unpaired) electrons. The van der Waals surface area contributed by atoms with Crippen LogP contribution in [0, 0.1) is 11.6 Å². The lowest BCUT2D eigenvalue weighted by Crippen LogP contribution is -2.03. The van der Waals surface area contributed by atoms with E-state index in [1.807, 2.05) is 0 Å². The van der Waals surface area contributed by atoms with Crippen LogP contribution in [0.15, 0.2) is 12.1 Å². The molecule has 0 saturated heterocycles. The van der Waals surface area contributed by atoms with Gasteiger partial charge < -0.3 is 5.73 Å². The van der Waals surface area contributed by atoms with E-state index < -0.39 is 17.4 Å². The molecule has 64 valence electrons. The highest BCUT2D eigenvalue weighted by Gasteiger charge is 2.10. The molecule has 0 bridgehead atoms. The molecule has 0 aromatic heterocycles. The SMILES string of the molecule is CC(=O)c1cc(F)cc(F)c1N. The van der Waals surface area contributed by atoms with Gasteiger partial charge in [0.15, 0.2) is 5.78 Å². The number of carbonyl (C=O) groups excluding carboxylic acids is 1. The van der Waals surface area contributed by atoms with Crippen LogP contribution in [0.2, 0.25) is 0 Å². The number of carbonyl (C=O) groups is 1. The van der Waals surface area contributed by atoms with Gasteiger partial charge in [-0.25, -0.2) is 8.78 Å². The average Bonchev–Trinajstić information content (AvgIpc) is 1.96. The van der Waals surface area contributed by atoms with Gasteiger partial charge in [0.1, 0.15) is 11.6 Å². The number of rotatable bonds is 1. The van der Waals surface area contributed by atoms with E-state index in [0.29, 0.717) is 6.07 Å². The fourth-order valence-corrected chi connectivity index (χ4v) is 0.876. The molecule has 0 spiro atoms. The van der Waals surface area contributed by atoms with Crippen LogP contribution in [0.5, 0.6) is 0 Å². The monoisotopic (exact) mass is 171 g/mol. The standard InChI is InChI=1S/C8H7F2NO/c1-4(12)6-2-5(9)3-7(10)8(6)11/h2-3H,11H2,1H3. The van der Waals surface area contributed by atoms with Gasteiger partial charge in [-0.1, -0.05) is 0 Å². The zero-order valence-electron chi connectivity index (χ0n) is 6.40. The molecule has 0 amide bonds. The van der Waals surface area contributed by atoms with E-state index >= 15 is 0 Å². The summed E-state index contributed by atoms with van der Waals surface area (Å²) in [5.41, 5.74) is 4.77. The topological polar surface area (TPSA) is 43.1 Å². The van der Waals surface area contributed by atoms with Crippen molar-refractivity contribution in [2.45, 2.75) is 6.92 Å². The molecule has 4 heteroatoms. The van der Waals surface area contributed by atoms with Crippen LogP contribution in [0.4, 0.5) is 14.5 Å². The molecule has 0 atom stereocenters. The van der Waals surface area contributed by atoms with E-state index in [4.69, 9.17) is 5.73 Å². The smallest absolute Gasteiger partial charge is 0.162 e. The van der Waals surface area contributed by atoms with E-state index in [9.17, 15) is 13.6 Å². The van der Waals surface area contributed by atoms with Crippen molar-refractivity contribution in [3.05, 3.63) is 29.3 Å². The van der Waals surface area contributed by atoms with Crippen molar-refractivity contribution in [2.75, 3.05) is 5.73 Å². The second-order valence-electron chi connectivity index (χ2n) is 2.41. The maximum absolute atomic E-state index is 12.7. The molecule has 0 aliphatic carbocycles. The van der Waals surface area contributed by atoms with Gasteiger partial charge in [0.25, 0.3) is 0 Å². The number of hydrogen-bond donors (Lipinski definition) is 1. The Labute approximate surface area is 68.0 Å². The minimum absolute atomic E-state index is 0.118. The molecule has 0 fully saturated rings. The maximum atomic E-state index is 12.7. The molecule has 1 aromatic carbocycles. The molecule has 0 saturated carbocycles. The molecule has 0 unspecified atom stereocenters. The summed E-state index contributed by atoms with van der Waals surface area (Å²) in [4.78, 5) is 10.8. The Morgan fingerprint density at radius 3 is 2.50 bits per heavy atom. The third kappa shape index (κ3) is 1.42. The Balaban J connectivity index is 3.37. The summed E-state index contributed by atoms with van der Waals surface area (Å²) in [6.07, 6.45) is 0. The van der Waals surface area contributed by atoms with Gasteiger partial charge in [0.05, 0.1) is 5.69 Å². The minimum atomic E-state index is -0.903. The molecule has 12 heavy (non-hydrogen) atoms. The lowest BCUT2D eigenvalue weighted by molar-refractivity contribution is 0.101. The van der Waals surface area contributed by atoms with Crippen LogP contribution in [-0.2, 0) is 0 Å². The summed E-state index contributed by atoms with van der Waals surface area (Å²) in [6, 6.07) is 1.56. The van der Waals surface area contributed by atoms with Crippen molar-refractivity contribution in [3.8, 4) is 0 Å². The van der Waals surface area contributed by atoms with Gasteiger partial charge >= 0.3 is 0 Å². The Morgan fingerprint density at radius 1 is 1.42 bits per heavy atom. The molecule has 1 aromatic rings.